The molecule has 0 aromatic heterocycles. The van der Waals surface area contributed by atoms with Crippen LogP contribution in [0.15, 0.2) is 36.4 Å². The van der Waals surface area contributed by atoms with Crippen LogP contribution >= 0.6 is 11.6 Å². The predicted octanol–water partition coefficient (Wildman–Crippen LogP) is 3.36. The molecule has 0 aliphatic heterocycles. The summed E-state index contributed by atoms with van der Waals surface area (Å²) < 4.78 is 15.8. The number of anilines is 1. The van der Waals surface area contributed by atoms with Crippen molar-refractivity contribution < 1.29 is 28.6 Å². The molecule has 2 rings (SSSR count). The number of carbonyl (C=O) groups is 3. The molecule has 0 bridgehead atoms. The zero-order chi connectivity index (χ0) is 22.8. The monoisotopic (exact) mass is 448 g/mol. The zero-order valence-corrected chi connectivity index (χ0v) is 18.4. The molecule has 0 aliphatic rings. The van der Waals surface area contributed by atoms with Crippen molar-refractivity contribution in [3.05, 3.63) is 52.5 Å². The summed E-state index contributed by atoms with van der Waals surface area (Å²) in [6.45, 7) is 5.50. The van der Waals surface area contributed by atoms with Crippen molar-refractivity contribution in [3.8, 4) is 11.5 Å². The highest BCUT2D eigenvalue weighted by atomic mass is 35.5. The van der Waals surface area contributed by atoms with E-state index in [-0.39, 0.29) is 6.54 Å². The van der Waals surface area contributed by atoms with Gasteiger partial charge in [0, 0.05) is 16.3 Å². The van der Waals surface area contributed by atoms with Crippen LogP contribution in [0.25, 0.3) is 0 Å². The summed E-state index contributed by atoms with van der Waals surface area (Å²) in [5, 5.41) is 5.54. The summed E-state index contributed by atoms with van der Waals surface area (Å²) in [7, 11) is 0. The normalized spacial score (nSPS) is 10.2. The van der Waals surface area contributed by atoms with Crippen LogP contribution in [0.5, 0.6) is 11.5 Å². The lowest BCUT2D eigenvalue weighted by Crippen LogP contribution is -2.32. The zero-order valence-electron chi connectivity index (χ0n) is 17.6. The molecule has 0 saturated heterocycles. The molecule has 0 aliphatic carbocycles. The lowest BCUT2D eigenvalue weighted by atomic mass is 10.2. The highest BCUT2D eigenvalue weighted by molar-refractivity contribution is 6.31. The van der Waals surface area contributed by atoms with Gasteiger partial charge in [0.2, 0.25) is 0 Å². The van der Waals surface area contributed by atoms with E-state index in [1.165, 1.54) is 6.07 Å². The van der Waals surface area contributed by atoms with Crippen LogP contribution in [0, 0.1) is 6.92 Å². The predicted molar refractivity (Wildman–Crippen MR) is 117 cm³/mol. The first kappa shape index (κ1) is 24.0. The van der Waals surface area contributed by atoms with Gasteiger partial charge in [-0.15, -0.1) is 0 Å². The van der Waals surface area contributed by atoms with Crippen molar-refractivity contribution in [1.29, 1.82) is 0 Å². The molecule has 166 valence electrons. The van der Waals surface area contributed by atoms with Crippen molar-refractivity contribution in [2.45, 2.75) is 20.8 Å². The summed E-state index contributed by atoms with van der Waals surface area (Å²) in [6.07, 6.45) is 0. The number of hydrogen-bond acceptors (Lipinski definition) is 6. The van der Waals surface area contributed by atoms with Gasteiger partial charge >= 0.3 is 5.97 Å². The standard InChI is InChI=1S/C22H25ClN2O6/c1-4-29-18-9-7-15(10-19(18)30-5-2)22(28)24-12-21(27)31-13-20(26)25-16-8-6-14(3)17(23)11-16/h6-11H,4-5,12-13H2,1-3H3,(H,24,28)(H,25,26). The maximum atomic E-state index is 12.3. The van der Waals surface area contributed by atoms with Gasteiger partial charge in [0.15, 0.2) is 18.1 Å². The molecule has 0 fully saturated rings. The summed E-state index contributed by atoms with van der Waals surface area (Å²) in [4.78, 5) is 36.1. The van der Waals surface area contributed by atoms with Gasteiger partial charge < -0.3 is 24.8 Å². The summed E-state index contributed by atoms with van der Waals surface area (Å²) >= 11 is 6.01. The van der Waals surface area contributed by atoms with E-state index >= 15 is 0 Å². The van der Waals surface area contributed by atoms with Gasteiger partial charge in [-0.2, -0.15) is 0 Å². The third-order valence-corrected chi connectivity index (χ3v) is 4.43. The Morgan fingerprint density at radius 1 is 0.968 bits per heavy atom. The Morgan fingerprint density at radius 3 is 2.35 bits per heavy atom. The minimum absolute atomic E-state index is 0.300. The Balaban J connectivity index is 1.82. The smallest absolute Gasteiger partial charge is 0.325 e. The average molecular weight is 449 g/mol. The molecule has 9 heteroatoms. The third kappa shape index (κ3) is 7.49. The highest BCUT2D eigenvalue weighted by Crippen LogP contribution is 2.28. The maximum Gasteiger partial charge on any atom is 0.325 e. The number of aryl methyl sites for hydroxylation is 1. The molecule has 2 aromatic rings. The van der Waals surface area contributed by atoms with Gasteiger partial charge in [-0.3, -0.25) is 14.4 Å². The van der Waals surface area contributed by atoms with Crippen LogP contribution < -0.4 is 20.1 Å². The number of rotatable bonds is 10. The number of carbonyl (C=O) groups excluding carboxylic acids is 3. The van der Waals surface area contributed by atoms with E-state index < -0.39 is 24.4 Å². The van der Waals surface area contributed by atoms with Gasteiger partial charge in [-0.1, -0.05) is 17.7 Å². The van der Waals surface area contributed by atoms with Crippen LogP contribution in [0.2, 0.25) is 5.02 Å². The minimum Gasteiger partial charge on any atom is -0.490 e. The molecule has 2 amide bonds. The maximum absolute atomic E-state index is 12.3. The molecule has 31 heavy (non-hydrogen) atoms. The van der Waals surface area contributed by atoms with Crippen LogP contribution in [0.3, 0.4) is 0 Å². The molecule has 0 saturated carbocycles. The van der Waals surface area contributed by atoms with Gasteiger partial charge in [0.1, 0.15) is 6.54 Å². The topological polar surface area (TPSA) is 103 Å². The number of halogens is 1. The van der Waals surface area contributed by atoms with Gasteiger partial charge in [-0.25, -0.2) is 0 Å². The van der Waals surface area contributed by atoms with Crippen molar-refractivity contribution in [1.82, 2.24) is 5.32 Å². The van der Waals surface area contributed by atoms with E-state index in [1.807, 2.05) is 20.8 Å². The number of amides is 2. The molecule has 8 nitrogen and oxygen atoms in total. The average Bonchev–Trinajstić information content (AvgIpc) is 2.74. The molecular weight excluding hydrogens is 424 g/mol. The van der Waals surface area contributed by atoms with E-state index in [2.05, 4.69) is 10.6 Å². The number of hydrogen-bond donors (Lipinski definition) is 2. The van der Waals surface area contributed by atoms with E-state index in [0.717, 1.165) is 5.56 Å². The van der Waals surface area contributed by atoms with E-state index in [0.29, 0.717) is 41.0 Å². The molecule has 2 aromatic carbocycles. The molecule has 0 unspecified atom stereocenters. The van der Waals surface area contributed by atoms with Crippen molar-refractivity contribution in [3.63, 3.8) is 0 Å². The van der Waals surface area contributed by atoms with Crippen LogP contribution in [0.1, 0.15) is 29.8 Å². The molecule has 0 spiro atoms. The van der Waals surface area contributed by atoms with Gasteiger partial charge in [0.05, 0.1) is 13.2 Å². The summed E-state index contributed by atoms with van der Waals surface area (Å²) in [5.74, 6) is -0.790. The number of esters is 1. The van der Waals surface area contributed by atoms with E-state index in [1.54, 1.807) is 30.3 Å². The first-order chi connectivity index (χ1) is 14.8. The molecule has 0 atom stereocenters. The third-order valence-electron chi connectivity index (χ3n) is 4.02. The Labute approximate surface area is 185 Å². The van der Waals surface area contributed by atoms with Gasteiger partial charge in [-0.05, 0) is 56.7 Å². The second kappa shape index (κ2) is 11.8. The highest BCUT2D eigenvalue weighted by Gasteiger charge is 2.14. The Morgan fingerprint density at radius 2 is 1.68 bits per heavy atom. The van der Waals surface area contributed by atoms with Crippen LogP contribution in [0.4, 0.5) is 5.69 Å². The Bertz CT molecular complexity index is 948. The minimum atomic E-state index is -0.749. The van der Waals surface area contributed by atoms with Crippen molar-refractivity contribution in [2.75, 3.05) is 31.7 Å². The Hall–Kier alpha value is -3.26. The number of nitrogens with one attached hydrogen (secondary N) is 2. The molecule has 0 radical (unpaired) electrons. The van der Waals surface area contributed by atoms with Crippen molar-refractivity contribution in [2.24, 2.45) is 0 Å². The first-order valence-electron chi connectivity index (χ1n) is 9.73. The summed E-state index contributed by atoms with van der Waals surface area (Å²) in [6, 6.07) is 9.78. The van der Waals surface area contributed by atoms with Gasteiger partial charge in [0.25, 0.3) is 11.8 Å². The van der Waals surface area contributed by atoms with E-state index in [4.69, 9.17) is 25.8 Å². The molecule has 0 heterocycles. The summed E-state index contributed by atoms with van der Waals surface area (Å²) in [5.41, 5.74) is 1.67. The van der Waals surface area contributed by atoms with Crippen LogP contribution in [-0.2, 0) is 14.3 Å². The van der Waals surface area contributed by atoms with Crippen molar-refractivity contribution >= 4 is 35.1 Å². The Kier molecular flexibility index (Phi) is 9.14. The second-order valence-corrected chi connectivity index (χ2v) is 6.79. The lowest BCUT2D eigenvalue weighted by Gasteiger charge is -2.12. The second-order valence-electron chi connectivity index (χ2n) is 6.38. The number of ether oxygens (including phenoxy) is 3. The fourth-order valence-electron chi connectivity index (χ4n) is 2.51. The first-order valence-corrected chi connectivity index (χ1v) is 10.1. The molecular formula is C22H25ClN2O6. The van der Waals surface area contributed by atoms with E-state index in [9.17, 15) is 14.4 Å². The van der Waals surface area contributed by atoms with Crippen LogP contribution in [-0.4, -0.2) is 44.1 Å². The SMILES string of the molecule is CCOc1ccc(C(=O)NCC(=O)OCC(=O)Nc2ccc(C)c(Cl)c2)cc1OCC. The lowest BCUT2D eigenvalue weighted by molar-refractivity contribution is -0.146. The quantitative estimate of drug-likeness (QED) is 0.540. The largest absolute Gasteiger partial charge is 0.490 e. The molecule has 2 N–H and O–H groups in total. The fourth-order valence-corrected chi connectivity index (χ4v) is 2.69. The number of benzene rings is 2. The fraction of sp³-hybridized carbons (Fsp3) is 0.318.